The number of H-pyrrole nitrogens is 1. The molecule has 1 heterocycles. The first-order chi connectivity index (χ1) is 6.70. The SMILES string of the molecule is N[C@H](CO)c1cc2cc(F)ccc2[nH]1. The average molecular weight is 194 g/mol. The standard InChI is InChI=1S/C10H11FN2O/c11-7-1-2-9-6(3-7)4-10(13-9)8(12)5-14/h1-4,8,13-14H,5,12H2/t8-/m1/s1. The Morgan fingerprint density at radius 3 is 2.93 bits per heavy atom. The van der Waals surface area contributed by atoms with E-state index >= 15 is 0 Å². The molecule has 1 aromatic heterocycles. The van der Waals surface area contributed by atoms with E-state index in [2.05, 4.69) is 4.98 Å². The highest BCUT2D eigenvalue weighted by Crippen LogP contribution is 2.19. The second-order valence-electron chi connectivity index (χ2n) is 3.25. The van der Waals surface area contributed by atoms with Gasteiger partial charge in [-0.05, 0) is 24.3 Å². The molecular formula is C10H11FN2O. The third-order valence-corrected chi connectivity index (χ3v) is 2.20. The molecule has 0 bridgehead atoms. The molecule has 1 aromatic carbocycles. The van der Waals surface area contributed by atoms with Crippen LogP contribution >= 0.6 is 0 Å². The second-order valence-corrected chi connectivity index (χ2v) is 3.25. The zero-order valence-corrected chi connectivity index (χ0v) is 7.50. The molecule has 0 saturated heterocycles. The third kappa shape index (κ3) is 1.49. The number of aliphatic hydroxyl groups excluding tert-OH is 1. The lowest BCUT2D eigenvalue weighted by atomic mass is 10.2. The summed E-state index contributed by atoms with van der Waals surface area (Å²) in [6.07, 6.45) is 0. The van der Waals surface area contributed by atoms with Gasteiger partial charge in [0.1, 0.15) is 5.82 Å². The highest BCUT2D eigenvalue weighted by atomic mass is 19.1. The van der Waals surface area contributed by atoms with Crippen LogP contribution in [0.25, 0.3) is 10.9 Å². The predicted molar refractivity (Wildman–Crippen MR) is 52.3 cm³/mol. The Hall–Kier alpha value is -1.39. The second kappa shape index (κ2) is 3.40. The molecule has 74 valence electrons. The molecule has 2 rings (SSSR count). The maximum Gasteiger partial charge on any atom is 0.123 e. The number of hydrogen-bond acceptors (Lipinski definition) is 2. The van der Waals surface area contributed by atoms with Crippen molar-refractivity contribution in [3.05, 3.63) is 35.8 Å². The lowest BCUT2D eigenvalue weighted by Crippen LogP contribution is -2.14. The molecule has 2 aromatic rings. The van der Waals surface area contributed by atoms with E-state index in [1.54, 1.807) is 12.1 Å². The number of halogens is 1. The van der Waals surface area contributed by atoms with Crippen LogP contribution < -0.4 is 5.73 Å². The summed E-state index contributed by atoms with van der Waals surface area (Å²) in [6.45, 7) is -0.130. The summed E-state index contributed by atoms with van der Waals surface area (Å²) in [5, 5.41) is 9.62. The van der Waals surface area contributed by atoms with Crippen LogP contribution in [0, 0.1) is 5.82 Å². The summed E-state index contributed by atoms with van der Waals surface area (Å²) in [7, 11) is 0. The lowest BCUT2D eigenvalue weighted by molar-refractivity contribution is 0.266. The van der Waals surface area contributed by atoms with Gasteiger partial charge in [0, 0.05) is 16.6 Å². The highest BCUT2D eigenvalue weighted by Gasteiger charge is 2.08. The molecule has 0 fully saturated rings. The normalized spacial score (nSPS) is 13.4. The molecule has 0 aliphatic carbocycles. The molecule has 1 atom stereocenters. The van der Waals surface area contributed by atoms with Crippen LogP contribution in [0.1, 0.15) is 11.7 Å². The molecule has 3 nitrogen and oxygen atoms in total. The van der Waals surface area contributed by atoms with E-state index < -0.39 is 6.04 Å². The number of hydrogen-bond donors (Lipinski definition) is 3. The molecule has 0 amide bonds. The van der Waals surface area contributed by atoms with Crippen molar-refractivity contribution in [2.24, 2.45) is 5.73 Å². The zero-order valence-electron chi connectivity index (χ0n) is 7.50. The summed E-state index contributed by atoms with van der Waals surface area (Å²) >= 11 is 0. The Balaban J connectivity index is 2.51. The molecule has 0 unspecified atom stereocenters. The van der Waals surface area contributed by atoms with Crippen LogP contribution in [-0.2, 0) is 0 Å². The van der Waals surface area contributed by atoms with Crippen molar-refractivity contribution in [1.29, 1.82) is 0 Å². The number of fused-ring (bicyclic) bond motifs is 1. The van der Waals surface area contributed by atoms with Crippen LogP contribution in [-0.4, -0.2) is 16.7 Å². The molecule has 0 saturated carbocycles. The molecule has 14 heavy (non-hydrogen) atoms. The van der Waals surface area contributed by atoms with E-state index in [1.165, 1.54) is 12.1 Å². The van der Waals surface area contributed by atoms with Gasteiger partial charge in [0.25, 0.3) is 0 Å². The number of nitrogens with one attached hydrogen (secondary N) is 1. The Morgan fingerprint density at radius 2 is 2.21 bits per heavy atom. The fraction of sp³-hybridized carbons (Fsp3) is 0.200. The van der Waals surface area contributed by atoms with Gasteiger partial charge in [0.05, 0.1) is 12.6 Å². The summed E-state index contributed by atoms with van der Waals surface area (Å²) < 4.78 is 12.8. The van der Waals surface area contributed by atoms with E-state index in [-0.39, 0.29) is 12.4 Å². The smallest absolute Gasteiger partial charge is 0.123 e. The van der Waals surface area contributed by atoms with Gasteiger partial charge in [-0.25, -0.2) is 4.39 Å². The molecule has 0 spiro atoms. The summed E-state index contributed by atoms with van der Waals surface area (Å²) in [6, 6.07) is 5.77. The maximum atomic E-state index is 12.8. The number of rotatable bonds is 2. The van der Waals surface area contributed by atoms with Gasteiger partial charge >= 0.3 is 0 Å². The molecule has 4 N–H and O–H groups in total. The fourth-order valence-corrected chi connectivity index (χ4v) is 1.42. The van der Waals surface area contributed by atoms with Crippen molar-refractivity contribution < 1.29 is 9.50 Å². The van der Waals surface area contributed by atoms with Gasteiger partial charge in [-0.1, -0.05) is 0 Å². The zero-order chi connectivity index (χ0) is 10.1. The minimum Gasteiger partial charge on any atom is -0.394 e. The van der Waals surface area contributed by atoms with Crippen LogP contribution in [0.3, 0.4) is 0 Å². The third-order valence-electron chi connectivity index (χ3n) is 2.20. The largest absolute Gasteiger partial charge is 0.394 e. The molecule has 0 aliphatic rings. The minimum atomic E-state index is -0.439. The molecular weight excluding hydrogens is 183 g/mol. The topological polar surface area (TPSA) is 62.0 Å². The number of aromatic amines is 1. The van der Waals surface area contributed by atoms with Gasteiger partial charge in [-0.2, -0.15) is 0 Å². The van der Waals surface area contributed by atoms with E-state index in [0.29, 0.717) is 5.69 Å². The van der Waals surface area contributed by atoms with Gasteiger partial charge in [-0.15, -0.1) is 0 Å². The first-order valence-corrected chi connectivity index (χ1v) is 4.35. The Morgan fingerprint density at radius 1 is 1.43 bits per heavy atom. The Bertz CT molecular complexity index is 452. The van der Waals surface area contributed by atoms with E-state index in [0.717, 1.165) is 10.9 Å². The summed E-state index contributed by atoms with van der Waals surface area (Å²) in [5.74, 6) is -0.277. The minimum absolute atomic E-state index is 0.130. The summed E-state index contributed by atoms with van der Waals surface area (Å²) in [4.78, 5) is 3.02. The van der Waals surface area contributed by atoms with Crippen molar-refractivity contribution in [2.45, 2.75) is 6.04 Å². The highest BCUT2D eigenvalue weighted by molar-refractivity contribution is 5.80. The van der Waals surface area contributed by atoms with Crippen molar-refractivity contribution in [2.75, 3.05) is 6.61 Å². The van der Waals surface area contributed by atoms with Gasteiger partial charge in [0.2, 0.25) is 0 Å². The molecule has 0 aliphatic heterocycles. The van der Waals surface area contributed by atoms with Gasteiger partial charge < -0.3 is 15.8 Å². The first-order valence-electron chi connectivity index (χ1n) is 4.35. The van der Waals surface area contributed by atoms with Gasteiger partial charge in [-0.3, -0.25) is 0 Å². The first kappa shape index (κ1) is 9.18. The van der Waals surface area contributed by atoms with E-state index in [1.807, 2.05) is 0 Å². The predicted octanol–water partition coefficient (Wildman–Crippen LogP) is 1.30. The van der Waals surface area contributed by atoms with Crippen LogP contribution in [0.4, 0.5) is 4.39 Å². The average Bonchev–Trinajstić information content (AvgIpc) is 2.59. The van der Waals surface area contributed by atoms with Crippen molar-refractivity contribution >= 4 is 10.9 Å². The van der Waals surface area contributed by atoms with Crippen molar-refractivity contribution in [3.8, 4) is 0 Å². The van der Waals surface area contributed by atoms with Crippen LogP contribution in [0.15, 0.2) is 24.3 Å². The van der Waals surface area contributed by atoms with Crippen LogP contribution in [0.2, 0.25) is 0 Å². The number of aromatic nitrogens is 1. The van der Waals surface area contributed by atoms with E-state index in [4.69, 9.17) is 10.8 Å². The van der Waals surface area contributed by atoms with Crippen molar-refractivity contribution in [3.63, 3.8) is 0 Å². The number of nitrogens with two attached hydrogens (primary N) is 1. The van der Waals surface area contributed by atoms with Gasteiger partial charge in [0.15, 0.2) is 0 Å². The Labute approximate surface area is 80.4 Å². The molecule has 0 radical (unpaired) electrons. The maximum absolute atomic E-state index is 12.8. The monoisotopic (exact) mass is 194 g/mol. The molecule has 4 heteroatoms. The summed E-state index contributed by atoms with van der Waals surface area (Å²) in [5.41, 5.74) is 7.16. The van der Waals surface area contributed by atoms with E-state index in [9.17, 15) is 4.39 Å². The van der Waals surface area contributed by atoms with Crippen molar-refractivity contribution in [1.82, 2.24) is 4.98 Å². The fourth-order valence-electron chi connectivity index (χ4n) is 1.42. The Kier molecular flexibility index (Phi) is 2.23. The number of aliphatic hydroxyl groups is 1. The van der Waals surface area contributed by atoms with Crippen LogP contribution in [0.5, 0.6) is 0 Å². The number of benzene rings is 1. The quantitative estimate of drug-likeness (QED) is 0.674. The lowest BCUT2D eigenvalue weighted by Gasteiger charge is -2.03.